The minimum absolute atomic E-state index is 0.000195. The molecule has 6 rings (SSSR count). The van der Waals surface area contributed by atoms with E-state index in [9.17, 15) is 169 Å². The van der Waals surface area contributed by atoms with Crippen molar-refractivity contribution in [2.75, 3.05) is 92.4 Å². The molecule has 2 aromatic carbocycles. The van der Waals surface area contributed by atoms with Gasteiger partial charge in [-0.1, -0.05) is 43.6 Å². The fourth-order valence-electron chi connectivity index (χ4n) is 13.6. The molecule has 144 heavy (non-hydrogen) atoms. The van der Waals surface area contributed by atoms with E-state index in [0.29, 0.717) is 28.2 Å². The molecular weight excluding hydrogens is 2020 g/mol. The molecule has 4 heterocycles. The SMILES string of the molecule is Nc1nc2ncc(CNc3ccc(C(=O)N[C@@H](CCC(=O)C[C@@H](CCC(=O)NC[C@H](O)[C@@H](O)[C@H](O)[C@H](O)CO)C(=O)N[C@@H](CCC(=O)O)C(=O)C[C@@H](CCC(=O)NC[C@H](O)[C@@H](O)[C@H](O)[C@H](O)CO)C(=O)N[C@@H](CCC(=O)O)C(=O)C[C@@H](CCC(=O)NC[C@H](O)[C@@H](O)[C@H](O)[C@H](O)CO)C(=O)N[C@@H](CSSCCOC(=O)OCCNc4cc5c(Nc6cccc(Br)c6)ncnc5cn4)C(=O)O)C(=O)O)cc3)nc2c(=O)[nH]1. The summed E-state index contributed by atoms with van der Waals surface area (Å²) in [5.74, 6) is -24.0. The van der Waals surface area contributed by atoms with E-state index >= 15 is 4.79 Å². The molecule has 0 fully saturated rings. The van der Waals surface area contributed by atoms with Crippen molar-refractivity contribution in [3.05, 3.63) is 99.4 Å². The van der Waals surface area contributed by atoms with Crippen LogP contribution in [0.25, 0.3) is 22.1 Å². The number of nitrogens with one attached hydrogen (secondary N) is 11. The van der Waals surface area contributed by atoms with Crippen molar-refractivity contribution in [3.63, 3.8) is 0 Å². The molecule has 0 bridgehead atoms. The standard InChI is InChI=1S/C86H117BrN18O37S2/c87-44-2-1-3-46(27-44)99-76-49-28-63(91-31-53(49)96-39-97-76)89-20-21-141-86(140)142-22-23-143-144-38-54(84(138)139)103-81(134)43(8-17-66(120)94-34-59(114)72(127)75(130)62(117)37-108)26-56(111)51(14-19-68(123)124)101-80(133)42(7-16-65(119)93-33-58(113)71(126)74(129)61(116)36-107)25-55(110)50(13-18-67(121)122)100-79(132)41(6-15-64(118)92-32-57(112)70(125)73(128)60(115)35-106)24-48(109)11-12-52(83(136)137)102-78(131)40-4-9-45(10-5-40)90-29-47-30-95-77-69(98-47)82(135)105-85(88)104-77/h1-5,9-10,27-28,30-31,39,41-43,50-52,54,57-62,70-75,90,106-108,112-117,125-130H,6-8,11-26,29,32-38H2,(H,89,91)(H,92,118)(H,93,119)(H,94,120)(H,100,132)(H,101,133)(H,102,131)(H,103,134)(H,121,122)(H,123,124)(H,136,137)(H,138,139)(H,96,97,99)(H3,88,95,104,105,135)/t41-,42-,43-,50+,51+,52+,54+,57+,58+,59+,60-,61-,62-,70-,71-,72-,73-,74-,75-/m1/s1. The average molecular weight is 2140 g/mol. The van der Waals surface area contributed by atoms with Crippen molar-refractivity contribution < 1.29 is 178 Å². The number of Topliss-reactive ketones (excluding diaryl/α,β-unsaturated/α-hetero) is 3. The van der Waals surface area contributed by atoms with Gasteiger partial charge in [-0.2, -0.15) is 4.98 Å². The molecule has 0 saturated heterocycles. The summed E-state index contributed by atoms with van der Waals surface area (Å²) < 4.78 is 11.1. The van der Waals surface area contributed by atoms with Crippen LogP contribution in [-0.4, -0.2) is 389 Å². The van der Waals surface area contributed by atoms with E-state index in [-0.39, 0.29) is 60.4 Å². The van der Waals surface area contributed by atoms with Crippen LogP contribution in [0.5, 0.6) is 0 Å². The number of nitrogens with two attached hydrogens (primary N) is 1. The Morgan fingerprint density at radius 2 is 0.958 bits per heavy atom. The quantitative estimate of drug-likeness (QED) is 0.00959. The number of carboxylic acid groups (broad SMARTS) is 4. The Hall–Kier alpha value is -12.6. The summed E-state index contributed by atoms with van der Waals surface area (Å²) >= 11 is 3.43. The van der Waals surface area contributed by atoms with Crippen LogP contribution in [0.3, 0.4) is 0 Å². The number of carbonyl (C=O) groups excluding carboxylic acids is 11. The van der Waals surface area contributed by atoms with Gasteiger partial charge in [0.25, 0.3) is 11.5 Å². The van der Waals surface area contributed by atoms with Crippen LogP contribution < -0.4 is 64.5 Å². The van der Waals surface area contributed by atoms with Crippen molar-refractivity contribution in [1.29, 1.82) is 0 Å². The Kier molecular flexibility index (Phi) is 51.3. The Morgan fingerprint density at radius 3 is 1.44 bits per heavy atom. The topological polar surface area (TPSA) is 915 Å². The zero-order valence-corrected chi connectivity index (χ0v) is 80.0. The minimum Gasteiger partial charge on any atom is -0.481 e. The fourth-order valence-corrected chi connectivity index (χ4v) is 15.9. The van der Waals surface area contributed by atoms with Gasteiger partial charge >= 0.3 is 30.0 Å². The number of benzene rings is 2. The number of ether oxygens (including phenoxy) is 2. The molecule has 0 unspecified atom stereocenters. The minimum atomic E-state index is -2.25. The number of pyridine rings is 1. The molecule has 0 spiro atoms. The molecule has 6 aromatic rings. The molecule has 32 N–H and O–H groups in total. The van der Waals surface area contributed by atoms with Crippen LogP contribution in [0, 0.1) is 17.8 Å². The lowest BCUT2D eigenvalue weighted by molar-refractivity contribution is -0.142. The number of hydrogen-bond donors (Lipinski definition) is 31. The molecule has 58 heteroatoms. The van der Waals surface area contributed by atoms with Crippen molar-refractivity contribution >= 4 is 177 Å². The van der Waals surface area contributed by atoms with E-state index in [0.717, 1.165) is 31.7 Å². The zero-order chi connectivity index (χ0) is 107. The number of aliphatic carboxylic acids is 4. The van der Waals surface area contributed by atoms with Gasteiger partial charge in [0.1, 0.15) is 104 Å². The van der Waals surface area contributed by atoms with Gasteiger partial charge in [0, 0.05) is 133 Å². The molecule has 4 aromatic heterocycles. The number of aromatic nitrogens is 7. The maximum absolute atomic E-state index is 15.0. The number of amides is 7. The molecule has 7 amide bonds. The van der Waals surface area contributed by atoms with Crippen LogP contribution in [-0.2, 0) is 78.3 Å². The summed E-state index contributed by atoms with van der Waals surface area (Å²) in [6.07, 6.45) is -35.7. The number of anilines is 5. The highest BCUT2D eigenvalue weighted by Crippen LogP contribution is 2.29. The maximum atomic E-state index is 15.0. The van der Waals surface area contributed by atoms with Gasteiger partial charge in [-0.25, -0.2) is 39.3 Å². The Labute approximate surface area is 833 Å². The summed E-state index contributed by atoms with van der Waals surface area (Å²) in [7, 11) is 1.78. The normalized spacial score (nSPS) is 15.4. The van der Waals surface area contributed by atoms with Gasteiger partial charge in [0.15, 0.2) is 22.7 Å². The van der Waals surface area contributed by atoms with E-state index in [1.54, 1.807) is 6.07 Å². The number of halogens is 1. The molecule has 0 aliphatic heterocycles. The number of aromatic amines is 1. The smallest absolute Gasteiger partial charge is 0.481 e. The van der Waals surface area contributed by atoms with Crippen LogP contribution in [0.2, 0.25) is 0 Å². The highest BCUT2D eigenvalue weighted by Gasteiger charge is 2.39. The number of aliphatic hydroxyl groups excluding tert-OH is 15. The van der Waals surface area contributed by atoms with Crippen molar-refractivity contribution in [2.45, 2.75) is 200 Å². The lowest BCUT2D eigenvalue weighted by Crippen LogP contribution is -2.50. The van der Waals surface area contributed by atoms with E-state index in [1.807, 2.05) is 24.3 Å². The lowest BCUT2D eigenvalue weighted by atomic mass is 9.89. The van der Waals surface area contributed by atoms with Gasteiger partial charge in [-0.05, 0) is 87.1 Å². The highest BCUT2D eigenvalue weighted by atomic mass is 79.9. The van der Waals surface area contributed by atoms with Crippen molar-refractivity contribution in [1.82, 2.24) is 72.1 Å². The summed E-state index contributed by atoms with van der Waals surface area (Å²) in [4.78, 5) is 245. The number of H-pyrrole nitrogens is 1. The lowest BCUT2D eigenvalue weighted by Gasteiger charge is -2.26. The monoisotopic (exact) mass is 2140 g/mol. The van der Waals surface area contributed by atoms with Crippen LogP contribution in [0.15, 0.2) is 82.6 Å². The van der Waals surface area contributed by atoms with Gasteiger partial charge in [0.2, 0.25) is 41.4 Å². The summed E-state index contributed by atoms with van der Waals surface area (Å²) in [6.45, 7) is -6.44. The molecule has 0 radical (unpaired) electrons. The van der Waals surface area contributed by atoms with Crippen LogP contribution in [0.1, 0.15) is 112 Å². The van der Waals surface area contributed by atoms with Gasteiger partial charge in [0.05, 0.1) is 86.9 Å². The second-order valence-electron chi connectivity index (χ2n) is 32.7. The number of fused-ring (bicyclic) bond motifs is 2. The number of aliphatic hydroxyl groups is 15. The first-order chi connectivity index (χ1) is 68.3. The summed E-state index contributed by atoms with van der Waals surface area (Å²) in [6, 6.07) is 6.60. The average Bonchev–Trinajstić information content (AvgIpc) is 0.808. The Morgan fingerprint density at radius 1 is 0.479 bits per heavy atom. The molecule has 0 aliphatic rings. The van der Waals surface area contributed by atoms with Crippen molar-refractivity contribution in [3.8, 4) is 0 Å². The number of carboxylic acids is 4. The maximum Gasteiger partial charge on any atom is 0.508 e. The number of nitrogen functional groups attached to an aromatic ring is 1. The highest BCUT2D eigenvalue weighted by molar-refractivity contribution is 9.10. The molecule has 0 aliphatic carbocycles. The second-order valence-corrected chi connectivity index (χ2v) is 36.3. The number of rotatable bonds is 69. The largest absolute Gasteiger partial charge is 0.508 e. The van der Waals surface area contributed by atoms with Crippen LogP contribution in [0.4, 0.5) is 33.8 Å². The van der Waals surface area contributed by atoms with Gasteiger partial charge < -0.3 is 165 Å². The third-order valence-electron chi connectivity index (χ3n) is 21.8. The summed E-state index contributed by atoms with van der Waals surface area (Å²) in [5.41, 5.74) is 6.64. The van der Waals surface area contributed by atoms with Gasteiger partial charge in [-0.15, -0.1) is 0 Å². The molecule has 19 atom stereocenters. The number of carbonyl (C=O) groups is 15. The molecule has 0 saturated carbocycles. The fraction of sp³-hybridized carbons (Fsp3) is 0.535. The predicted molar refractivity (Wildman–Crippen MR) is 506 cm³/mol. The third kappa shape index (κ3) is 41.2. The second kappa shape index (κ2) is 61.5. The van der Waals surface area contributed by atoms with E-state index in [2.05, 4.69) is 104 Å². The van der Waals surface area contributed by atoms with E-state index in [1.165, 1.54) is 43.0 Å². The first-order valence-corrected chi connectivity index (χ1v) is 47.8. The molecular formula is C86H117BrN18O37S2. The third-order valence-corrected chi connectivity index (χ3v) is 24.7. The first kappa shape index (κ1) is 120. The Bertz CT molecular complexity index is 5380. The van der Waals surface area contributed by atoms with Gasteiger partial charge in [-0.3, -0.25) is 67.3 Å². The summed E-state index contributed by atoms with van der Waals surface area (Å²) in [5, 5.41) is 217. The predicted octanol–water partition coefficient (Wildman–Crippen LogP) is -6.65. The van der Waals surface area contributed by atoms with Crippen LogP contribution >= 0.6 is 37.5 Å². The zero-order valence-electron chi connectivity index (χ0n) is 76.8. The number of hydrogen-bond acceptors (Lipinski definition) is 45. The van der Waals surface area contributed by atoms with E-state index < -0.39 is 351 Å². The molecule has 792 valence electrons. The van der Waals surface area contributed by atoms with E-state index in [4.69, 9.17) is 15.2 Å². The Balaban J connectivity index is 1.22. The van der Waals surface area contributed by atoms with Crippen molar-refractivity contribution in [2.24, 2.45) is 17.8 Å². The first-order valence-electron chi connectivity index (χ1n) is 44.5. The molecule has 55 nitrogen and oxygen atoms in total. The number of ketones is 3. The number of nitrogens with zero attached hydrogens (tertiary/aromatic N) is 6.